The summed E-state index contributed by atoms with van der Waals surface area (Å²) in [7, 11) is 2.99. The van der Waals surface area contributed by atoms with E-state index in [1.54, 1.807) is 29.3 Å². The highest BCUT2D eigenvalue weighted by Gasteiger charge is 2.28. The number of rotatable bonds is 8. The Kier molecular flexibility index (Phi) is 8.76. The van der Waals surface area contributed by atoms with Crippen molar-refractivity contribution in [2.75, 3.05) is 32.6 Å². The van der Waals surface area contributed by atoms with Crippen LogP contribution in [0.1, 0.15) is 34.6 Å². The van der Waals surface area contributed by atoms with Gasteiger partial charge in [-0.15, -0.1) is 0 Å². The Balaban J connectivity index is 1.99. The third-order valence-corrected chi connectivity index (χ3v) is 6.71. The molecule has 9 heteroatoms. The summed E-state index contributed by atoms with van der Waals surface area (Å²) in [6, 6.07) is 16.9. The molecule has 0 saturated carbocycles. The van der Waals surface area contributed by atoms with Crippen molar-refractivity contribution in [2.45, 2.75) is 34.6 Å². The van der Waals surface area contributed by atoms with Crippen LogP contribution in [0.15, 0.2) is 60.8 Å². The van der Waals surface area contributed by atoms with Crippen LogP contribution < -0.4 is 19.5 Å². The van der Waals surface area contributed by atoms with E-state index in [-0.39, 0.29) is 17.4 Å². The zero-order valence-corrected chi connectivity index (χ0v) is 24.6. The van der Waals surface area contributed by atoms with Crippen LogP contribution in [-0.2, 0) is 4.79 Å². The minimum Gasteiger partial charge on any atom is -0.493 e. The molecule has 2 amide bonds. The SMILES string of the molecule is CCN(CC)C(=O)Oc1c(-c2ccnc(-c3ccc4ccccc4n3)c2NC(=O)C(C)(C)C)ccc(OC)c1OC. The minimum atomic E-state index is -0.698. The summed E-state index contributed by atoms with van der Waals surface area (Å²) in [4.78, 5) is 37.6. The summed E-state index contributed by atoms with van der Waals surface area (Å²) in [6.45, 7) is 10.2. The minimum absolute atomic E-state index is 0.165. The van der Waals surface area contributed by atoms with E-state index in [9.17, 15) is 9.59 Å². The number of hydrogen-bond acceptors (Lipinski definition) is 7. The lowest BCUT2D eigenvalue weighted by Crippen LogP contribution is -2.33. The van der Waals surface area contributed by atoms with E-state index in [0.29, 0.717) is 47.0 Å². The fourth-order valence-corrected chi connectivity index (χ4v) is 4.35. The Morgan fingerprint density at radius 2 is 1.61 bits per heavy atom. The van der Waals surface area contributed by atoms with Gasteiger partial charge >= 0.3 is 6.09 Å². The molecule has 0 bridgehead atoms. The first-order valence-electron chi connectivity index (χ1n) is 13.5. The maximum atomic E-state index is 13.4. The largest absolute Gasteiger partial charge is 0.493 e. The molecule has 214 valence electrons. The zero-order valence-electron chi connectivity index (χ0n) is 24.6. The first-order valence-corrected chi connectivity index (χ1v) is 13.5. The van der Waals surface area contributed by atoms with Crippen LogP contribution in [0.25, 0.3) is 33.4 Å². The van der Waals surface area contributed by atoms with Crippen molar-refractivity contribution in [1.29, 1.82) is 0 Å². The molecule has 2 heterocycles. The number of amides is 2. The topological polar surface area (TPSA) is 103 Å². The number of para-hydroxylation sites is 1. The average molecular weight is 557 g/mol. The highest BCUT2D eigenvalue weighted by atomic mass is 16.6. The number of ether oxygens (including phenoxy) is 3. The molecule has 0 saturated heterocycles. The maximum Gasteiger partial charge on any atom is 0.415 e. The Morgan fingerprint density at radius 3 is 2.27 bits per heavy atom. The average Bonchev–Trinajstić information content (AvgIpc) is 2.97. The molecule has 2 aromatic heterocycles. The predicted molar refractivity (Wildman–Crippen MR) is 161 cm³/mol. The van der Waals surface area contributed by atoms with E-state index in [1.807, 2.05) is 71.0 Å². The van der Waals surface area contributed by atoms with Crippen molar-refractivity contribution in [3.63, 3.8) is 0 Å². The van der Waals surface area contributed by atoms with Crippen molar-refractivity contribution < 1.29 is 23.8 Å². The lowest BCUT2D eigenvalue weighted by atomic mass is 9.94. The van der Waals surface area contributed by atoms with E-state index in [0.717, 1.165) is 10.9 Å². The number of methoxy groups -OCH3 is 2. The van der Waals surface area contributed by atoms with Crippen molar-refractivity contribution in [3.8, 4) is 39.8 Å². The van der Waals surface area contributed by atoms with Crippen LogP contribution in [0.2, 0.25) is 0 Å². The highest BCUT2D eigenvalue weighted by molar-refractivity contribution is 6.03. The van der Waals surface area contributed by atoms with E-state index >= 15 is 0 Å². The quantitative estimate of drug-likeness (QED) is 0.254. The number of fused-ring (bicyclic) bond motifs is 1. The second-order valence-corrected chi connectivity index (χ2v) is 10.4. The van der Waals surface area contributed by atoms with Crippen molar-refractivity contribution in [2.24, 2.45) is 5.41 Å². The van der Waals surface area contributed by atoms with Gasteiger partial charge in [-0.25, -0.2) is 9.78 Å². The third kappa shape index (κ3) is 6.09. The smallest absolute Gasteiger partial charge is 0.415 e. The van der Waals surface area contributed by atoms with Gasteiger partial charge in [-0.3, -0.25) is 9.78 Å². The number of carbonyl (C=O) groups excluding carboxylic acids is 2. The van der Waals surface area contributed by atoms with Gasteiger partial charge in [0.2, 0.25) is 11.7 Å². The molecule has 4 rings (SSSR count). The van der Waals surface area contributed by atoms with Gasteiger partial charge in [0, 0.05) is 41.2 Å². The Labute approximate surface area is 240 Å². The summed E-state index contributed by atoms with van der Waals surface area (Å²) in [6.07, 6.45) is 1.11. The molecule has 4 aromatic rings. The number of benzene rings is 2. The van der Waals surface area contributed by atoms with E-state index in [2.05, 4.69) is 10.3 Å². The first-order chi connectivity index (χ1) is 19.6. The number of carbonyl (C=O) groups is 2. The molecule has 0 atom stereocenters. The van der Waals surface area contributed by atoms with Crippen molar-refractivity contribution in [3.05, 3.63) is 60.8 Å². The van der Waals surface area contributed by atoms with Crippen LogP contribution in [0, 0.1) is 5.41 Å². The molecular formula is C32H36N4O5. The van der Waals surface area contributed by atoms with E-state index in [4.69, 9.17) is 19.2 Å². The maximum absolute atomic E-state index is 13.4. The van der Waals surface area contributed by atoms with Gasteiger partial charge < -0.3 is 24.4 Å². The molecule has 0 spiro atoms. The molecular weight excluding hydrogens is 520 g/mol. The Bertz CT molecular complexity index is 1570. The van der Waals surface area contributed by atoms with Gasteiger partial charge in [0.25, 0.3) is 0 Å². The van der Waals surface area contributed by atoms with Crippen LogP contribution in [0.5, 0.6) is 17.2 Å². The van der Waals surface area contributed by atoms with Crippen LogP contribution in [0.4, 0.5) is 10.5 Å². The normalized spacial score (nSPS) is 11.2. The molecule has 0 radical (unpaired) electrons. The van der Waals surface area contributed by atoms with E-state index < -0.39 is 11.5 Å². The molecule has 0 aliphatic rings. The second kappa shape index (κ2) is 12.2. The van der Waals surface area contributed by atoms with Crippen LogP contribution in [-0.4, -0.2) is 54.2 Å². The molecule has 9 nitrogen and oxygen atoms in total. The first kappa shape index (κ1) is 29.3. The molecule has 41 heavy (non-hydrogen) atoms. The lowest BCUT2D eigenvalue weighted by Gasteiger charge is -2.24. The van der Waals surface area contributed by atoms with Crippen molar-refractivity contribution >= 4 is 28.6 Å². The van der Waals surface area contributed by atoms with Gasteiger partial charge in [0.1, 0.15) is 5.69 Å². The second-order valence-electron chi connectivity index (χ2n) is 10.4. The standard InChI is InChI=1S/C32H36N4O5/c1-8-36(9-2)31(38)41-28-22(15-17-25(39-6)29(28)40-7)21-18-19-33-27(26(21)35-30(37)32(3,4)5)24-16-14-20-12-10-11-13-23(20)34-24/h10-19H,8-9H2,1-7H3,(H,35,37). The fraction of sp³-hybridized carbons (Fsp3) is 0.312. The monoisotopic (exact) mass is 556 g/mol. The summed E-state index contributed by atoms with van der Waals surface area (Å²) < 4.78 is 17.2. The van der Waals surface area contributed by atoms with Gasteiger partial charge in [-0.1, -0.05) is 45.0 Å². The molecule has 0 aliphatic heterocycles. The van der Waals surface area contributed by atoms with Crippen LogP contribution in [0.3, 0.4) is 0 Å². The molecule has 0 aliphatic carbocycles. The fourth-order valence-electron chi connectivity index (χ4n) is 4.35. The van der Waals surface area contributed by atoms with Gasteiger partial charge in [-0.2, -0.15) is 0 Å². The molecule has 0 unspecified atom stereocenters. The summed E-state index contributed by atoms with van der Waals surface area (Å²) in [5, 5.41) is 4.08. The number of nitrogens with one attached hydrogen (secondary N) is 1. The summed E-state index contributed by atoms with van der Waals surface area (Å²) in [5.41, 5.74) is 2.67. The molecule has 0 fully saturated rings. The Morgan fingerprint density at radius 1 is 0.878 bits per heavy atom. The Hall–Kier alpha value is -4.66. The lowest BCUT2D eigenvalue weighted by molar-refractivity contribution is -0.123. The number of pyridine rings is 2. The van der Waals surface area contributed by atoms with Gasteiger partial charge in [0.15, 0.2) is 11.5 Å². The molecule has 1 N–H and O–H groups in total. The highest BCUT2D eigenvalue weighted by Crippen LogP contribution is 2.48. The number of anilines is 1. The van der Waals surface area contributed by atoms with E-state index in [1.165, 1.54) is 14.2 Å². The summed E-state index contributed by atoms with van der Waals surface area (Å²) in [5.74, 6) is 0.597. The molecule has 2 aromatic carbocycles. The predicted octanol–water partition coefficient (Wildman–Crippen LogP) is 6.81. The third-order valence-electron chi connectivity index (χ3n) is 6.71. The zero-order chi connectivity index (χ0) is 29.7. The van der Waals surface area contributed by atoms with Crippen LogP contribution >= 0.6 is 0 Å². The van der Waals surface area contributed by atoms with Gasteiger partial charge in [0.05, 0.1) is 31.1 Å². The van der Waals surface area contributed by atoms with Crippen molar-refractivity contribution in [1.82, 2.24) is 14.9 Å². The number of nitrogens with zero attached hydrogens (tertiary/aromatic N) is 3. The number of hydrogen-bond donors (Lipinski definition) is 1. The van der Waals surface area contributed by atoms with Gasteiger partial charge in [-0.05, 0) is 44.2 Å². The number of aromatic nitrogens is 2. The summed E-state index contributed by atoms with van der Waals surface area (Å²) >= 11 is 0.